The van der Waals surface area contributed by atoms with Crippen molar-refractivity contribution in [2.45, 2.75) is 70.8 Å². The topological polar surface area (TPSA) is 23.5 Å². The Balaban J connectivity index is 2.14. The van der Waals surface area contributed by atoms with Crippen molar-refractivity contribution in [1.82, 2.24) is 0 Å². The molecule has 0 radical (unpaired) electrons. The summed E-state index contributed by atoms with van der Waals surface area (Å²) in [7, 11) is 4.07. The van der Waals surface area contributed by atoms with Gasteiger partial charge in [-0.1, -0.05) is 70.4 Å². The Labute approximate surface area is 131 Å². The number of nitrogens with zero attached hydrogens (tertiary/aromatic N) is 1. The lowest BCUT2D eigenvalue weighted by Gasteiger charge is -2.15. The summed E-state index contributed by atoms with van der Waals surface area (Å²) >= 11 is 0. The van der Waals surface area contributed by atoms with Crippen LogP contribution in [0.5, 0.6) is 0 Å². The predicted octanol–water partition coefficient (Wildman–Crippen LogP) is 5.32. The van der Waals surface area contributed by atoms with Gasteiger partial charge in [0, 0.05) is 19.8 Å². The lowest BCUT2D eigenvalue weighted by Crippen LogP contribution is -2.08. The van der Waals surface area contributed by atoms with Gasteiger partial charge in [-0.25, -0.2) is 0 Å². The van der Waals surface area contributed by atoms with Crippen LogP contribution in [0.3, 0.4) is 0 Å². The van der Waals surface area contributed by atoms with Crippen LogP contribution in [0, 0.1) is 0 Å². The van der Waals surface area contributed by atoms with Crippen LogP contribution >= 0.6 is 0 Å². The number of benzene rings is 1. The summed E-state index contributed by atoms with van der Waals surface area (Å²) in [5.74, 6) is 0. The van der Waals surface area contributed by atoms with Crippen LogP contribution in [0.25, 0.3) is 0 Å². The zero-order valence-corrected chi connectivity index (χ0v) is 14.1. The summed E-state index contributed by atoms with van der Waals surface area (Å²) in [4.78, 5) is 2.08. The SMILES string of the molecule is CCCCCCCCCCC(O)c1ccc(N(C)C)cc1. The van der Waals surface area contributed by atoms with E-state index in [1.807, 2.05) is 26.2 Å². The Morgan fingerprint density at radius 1 is 0.857 bits per heavy atom. The molecule has 1 atom stereocenters. The minimum Gasteiger partial charge on any atom is -0.388 e. The van der Waals surface area contributed by atoms with E-state index >= 15 is 0 Å². The van der Waals surface area contributed by atoms with E-state index in [0.29, 0.717) is 0 Å². The van der Waals surface area contributed by atoms with Gasteiger partial charge in [0.15, 0.2) is 0 Å². The molecule has 0 heterocycles. The van der Waals surface area contributed by atoms with Crippen molar-refractivity contribution in [3.63, 3.8) is 0 Å². The average molecular weight is 291 g/mol. The molecule has 0 aromatic heterocycles. The Bertz CT molecular complexity index is 358. The predicted molar refractivity (Wildman–Crippen MR) is 93.0 cm³/mol. The lowest BCUT2D eigenvalue weighted by molar-refractivity contribution is 0.163. The first-order valence-electron chi connectivity index (χ1n) is 8.60. The van der Waals surface area contributed by atoms with E-state index in [2.05, 4.69) is 24.0 Å². The molecule has 0 aliphatic heterocycles. The third kappa shape index (κ3) is 7.52. The van der Waals surface area contributed by atoms with E-state index in [1.165, 1.54) is 50.6 Å². The lowest BCUT2D eigenvalue weighted by atomic mass is 10.0. The highest BCUT2D eigenvalue weighted by molar-refractivity contribution is 5.46. The smallest absolute Gasteiger partial charge is 0.0790 e. The first-order valence-corrected chi connectivity index (χ1v) is 8.60. The molecule has 1 N–H and O–H groups in total. The molecule has 0 aliphatic rings. The third-order valence-electron chi connectivity index (χ3n) is 4.13. The summed E-state index contributed by atoms with van der Waals surface area (Å²) < 4.78 is 0. The second-order valence-electron chi connectivity index (χ2n) is 6.27. The molecule has 0 spiro atoms. The minimum atomic E-state index is -0.304. The van der Waals surface area contributed by atoms with E-state index in [0.717, 1.165) is 18.4 Å². The van der Waals surface area contributed by atoms with Gasteiger partial charge in [-0.2, -0.15) is 0 Å². The number of rotatable bonds is 11. The van der Waals surface area contributed by atoms with Gasteiger partial charge in [-0.15, -0.1) is 0 Å². The Kier molecular flexibility index (Phi) is 9.16. The van der Waals surface area contributed by atoms with Crippen molar-refractivity contribution in [2.75, 3.05) is 19.0 Å². The average Bonchev–Trinajstić information content (AvgIpc) is 2.49. The highest BCUT2D eigenvalue weighted by atomic mass is 16.3. The van der Waals surface area contributed by atoms with E-state index in [9.17, 15) is 5.11 Å². The molecule has 0 bridgehead atoms. The highest BCUT2D eigenvalue weighted by Gasteiger charge is 2.07. The second kappa shape index (κ2) is 10.7. The summed E-state index contributed by atoms with van der Waals surface area (Å²) in [5, 5.41) is 10.2. The summed E-state index contributed by atoms with van der Waals surface area (Å²) in [6.45, 7) is 2.26. The highest BCUT2D eigenvalue weighted by Crippen LogP contribution is 2.22. The Hall–Kier alpha value is -1.02. The van der Waals surface area contributed by atoms with Crippen molar-refractivity contribution in [2.24, 2.45) is 0 Å². The maximum atomic E-state index is 10.2. The fourth-order valence-corrected chi connectivity index (χ4v) is 2.63. The van der Waals surface area contributed by atoms with Crippen LogP contribution in [-0.4, -0.2) is 19.2 Å². The summed E-state index contributed by atoms with van der Waals surface area (Å²) in [5.41, 5.74) is 2.22. The maximum Gasteiger partial charge on any atom is 0.0790 e. The van der Waals surface area contributed by atoms with Crippen LogP contribution in [-0.2, 0) is 0 Å². The molecular weight excluding hydrogens is 258 g/mol. The molecule has 21 heavy (non-hydrogen) atoms. The fraction of sp³-hybridized carbons (Fsp3) is 0.684. The molecule has 0 amide bonds. The van der Waals surface area contributed by atoms with Crippen LogP contribution < -0.4 is 4.90 Å². The molecule has 1 rings (SSSR count). The molecule has 1 aromatic rings. The number of aliphatic hydroxyl groups is 1. The molecule has 120 valence electrons. The van der Waals surface area contributed by atoms with Crippen LogP contribution in [0.4, 0.5) is 5.69 Å². The zero-order valence-electron chi connectivity index (χ0n) is 14.1. The van der Waals surface area contributed by atoms with E-state index < -0.39 is 0 Å². The van der Waals surface area contributed by atoms with Crippen LogP contribution in [0.1, 0.15) is 76.4 Å². The maximum absolute atomic E-state index is 10.2. The first kappa shape index (κ1) is 18.0. The summed E-state index contributed by atoms with van der Waals surface area (Å²) in [6, 6.07) is 8.24. The van der Waals surface area contributed by atoms with Crippen molar-refractivity contribution >= 4 is 5.69 Å². The van der Waals surface area contributed by atoms with Gasteiger partial charge in [0.2, 0.25) is 0 Å². The molecule has 0 fully saturated rings. The van der Waals surface area contributed by atoms with Crippen LogP contribution in [0.2, 0.25) is 0 Å². The van der Waals surface area contributed by atoms with Crippen LogP contribution in [0.15, 0.2) is 24.3 Å². The minimum absolute atomic E-state index is 0.304. The molecule has 1 unspecified atom stereocenters. The second-order valence-corrected chi connectivity index (χ2v) is 6.27. The summed E-state index contributed by atoms with van der Waals surface area (Å²) in [6.07, 6.45) is 11.1. The number of unbranched alkanes of at least 4 members (excludes halogenated alkanes) is 7. The molecule has 0 saturated heterocycles. The van der Waals surface area contributed by atoms with Crippen molar-refractivity contribution in [3.05, 3.63) is 29.8 Å². The number of anilines is 1. The molecule has 2 heteroatoms. The van der Waals surface area contributed by atoms with E-state index in [-0.39, 0.29) is 6.10 Å². The van der Waals surface area contributed by atoms with Gasteiger partial charge in [-0.05, 0) is 24.1 Å². The zero-order chi connectivity index (χ0) is 15.5. The molecule has 1 aromatic carbocycles. The number of hydrogen-bond acceptors (Lipinski definition) is 2. The first-order chi connectivity index (χ1) is 10.1. The van der Waals surface area contributed by atoms with Crippen molar-refractivity contribution < 1.29 is 5.11 Å². The number of aliphatic hydroxyl groups excluding tert-OH is 1. The quantitative estimate of drug-likeness (QED) is 0.558. The van der Waals surface area contributed by atoms with Crippen molar-refractivity contribution in [3.8, 4) is 0 Å². The monoisotopic (exact) mass is 291 g/mol. The van der Waals surface area contributed by atoms with Gasteiger partial charge in [-0.3, -0.25) is 0 Å². The Morgan fingerprint density at radius 3 is 1.90 bits per heavy atom. The van der Waals surface area contributed by atoms with E-state index in [4.69, 9.17) is 0 Å². The van der Waals surface area contributed by atoms with Gasteiger partial charge < -0.3 is 10.0 Å². The standard InChI is InChI=1S/C19H33NO/c1-4-5-6-7-8-9-10-11-12-19(21)17-13-15-18(16-14-17)20(2)3/h13-16,19,21H,4-12H2,1-3H3. The van der Waals surface area contributed by atoms with Gasteiger partial charge in [0.25, 0.3) is 0 Å². The third-order valence-corrected chi connectivity index (χ3v) is 4.13. The molecular formula is C19H33NO. The molecule has 0 aliphatic carbocycles. The van der Waals surface area contributed by atoms with Gasteiger partial charge in [0.1, 0.15) is 0 Å². The van der Waals surface area contributed by atoms with Crippen molar-refractivity contribution in [1.29, 1.82) is 0 Å². The fourth-order valence-electron chi connectivity index (χ4n) is 2.63. The molecule has 2 nitrogen and oxygen atoms in total. The molecule has 0 saturated carbocycles. The normalized spacial score (nSPS) is 12.4. The van der Waals surface area contributed by atoms with Gasteiger partial charge in [0.05, 0.1) is 6.10 Å². The van der Waals surface area contributed by atoms with E-state index in [1.54, 1.807) is 0 Å². The van der Waals surface area contributed by atoms with Gasteiger partial charge >= 0.3 is 0 Å². The Morgan fingerprint density at radius 2 is 1.38 bits per heavy atom. The number of hydrogen-bond donors (Lipinski definition) is 1. The largest absolute Gasteiger partial charge is 0.388 e.